The summed E-state index contributed by atoms with van der Waals surface area (Å²) in [5.74, 6) is 0. The average Bonchev–Trinajstić information content (AvgIpc) is 2.84. The van der Waals surface area contributed by atoms with Crippen LogP contribution in [0.3, 0.4) is 0 Å². The van der Waals surface area contributed by atoms with Crippen LogP contribution in [0.4, 0.5) is 10.5 Å². The first-order chi connectivity index (χ1) is 8.65. The first-order valence-electron chi connectivity index (χ1n) is 5.17. The Morgan fingerprint density at radius 2 is 2.11 bits per heavy atom. The molecule has 1 aromatic heterocycles. The molecule has 0 unspecified atom stereocenters. The van der Waals surface area contributed by atoms with Gasteiger partial charge in [0, 0.05) is 9.90 Å². The lowest BCUT2D eigenvalue weighted by Crippen LogP contribution is -2.27. The van der Waals surface area contributed by atoms with Crippen LogP contribution in [0, 0.1) is 0 Å². The summed E-state index contributed by atoms with van der Waals surface area (Å²) in [5.41, 5.74) is 0.493. The van der Waals surface area contributed by atoms with Crippen molar-refractivity contribution >= 4 is 46.3 Å². The Morgan fingerprint density at radius 3 is 2.83 bits per heavy atom. The highest BCUT2D eigenvalue weighted by atomic mass is 35.5. The third-order valence-corrected chi connectivity index (χ3v) is 3.62. The second-order valence-electron chi connectivity index (χ2n) is 3.51. The number of benzene rings is 1. The summed E-state index contributed by atoms with van der Waals surface area (Å²) in [4.78, 5) is 12.7. The van der Waals surface area contributed by atoms with Gasteiger partial charge in [-0.2, -0.15) is 0 Å². The average molecular weight is 301 g/mol. The van der Waals surface area contributed by atoms with Crippen molar-refractivity contribution in [1.82, 2.24) is 5.32 Å². The highest BCUT2D eigenvalue weighted by molar-refractivity contribution is 7.09. The third-order valence-electron chi connectivity index (χ3n) is 2.18. The number of hydrogen-bond acceptors (Lipinski definition) is 2. The number of hydrogen-bond donors (Lipinski definition) is 2. The number of nitrogens with one attached hydrogen (secondary N) is 2. The quantitative estimate of drug-likeness (QED) is 0.868. The molecule has 94 valence electrons. The Bertz CT molecular complexity index is 543. The van der Waals surface area contributed by atoms with Crippen molar-refractivity contribution in [3.63, 3.8) is 0 Å². The number of carbonyl (C=O) groups is 1. The van der Waals surface area contributed by atoms with Gasteiger partial charge in [0.05, 0.1) is 17.3 Å². The minimum atomic E-state index is -0.312. The van der Waals surface area contributed by atoms with Crippen LogP contribution in [0.5, 0.6) is 0 Å². The number of thiophene rings is 1. The summed E-state index contributed by atoms with van der Waals surface area (Å²) >= 11 is 13.4. The van der Waals surface area contributed by atoms with Crippen molar-refractivity contribution in [2.75, 3.05) is 5.32 Å². The van der Waals surface area contributed by atoms with Crippen molar-refractivity contribution in [3.05, 3.63) is 50.6 Å². The summed E-state index contributed by atoms with van der Waals surface area (Å²) < 4.78 is 0. The van der Waals surface area contributed by atoms with Crippen molar-refractivity contribution in [3.8, 4) is 0 Å². The molecule has 0 aliphatic carbocycles. The highest BCUT2D eigenvalue weighted by Gasteiger charge is 2.06. The van der Waals surface area contributed by atoms with E-state index in [-0.39, 0.29) is 6.03 Å². The third kappa shape index (κ3) is 3.63. The summed E-state index contributed by atoms with van der Waals surface area (Å²) in [5, 5.41) is 8.32. The molecular weight excluding hydrogens is 291 g/mol. The fourth-order valence-corrected chi connectivity index (χ4v) is 2.32. The molecule has 0 saturated heterocycles. The summed E-state index contributed by atoms with van der Waals surface area (Å²) in [6.45, 7) is 0.488. The smallest absolute Gasteiger partial charge is 0.319 e. The predicted octanol–water partition coefficient (Wildman–Crippen LogP) is 4.38. The van der Waals surface area contributed by atoms with Gasteiger partial charge in [-0.05, 0) is 29.6 Å². The van der Waals surface area contributed by atoms with Gasteiger partial charge in [0.1, 0.15) is 0 Å². The Hall–Kier alpha value is -1.23. The molecule has 0 aliphatic rings. The van der Waals surface area contributed by atoms with E-state index in [4.69, 9.17) is 23.2 Å². The Morgan fingerprint density at radius 1 is 1.28 bits per heavy atom. The largest absolute Gasteiger partial charge is 0.333 e. The normalized spacial score (nSPS) is 10.1. The number of urea groups is 1. The van der Waals surface area contributed by atoms with E-state index in [9.17, 15) is 4.79 Å². The van der Waals surface area contributed by atoms with Crippen LogP contribution in [-0.4, -0.2) is 6.03 Å². The molecule has 1 aromatic carbocycles. The van der Waals surface area contributed by atoms with E-state index in [1.807, 2.05) is 17.5 Å². The molecule has 2 N–H and O–H groups in total. The number of carbonyl (C=O) groups excluding carboxylic acids is 1. The van der Waals surface area contributed by atoms with Gasteiger partial charge in [0.15, 0.2) is 0 Å². The summed E-state index contributed by atoms with van der Waals surface area (Å²) in [7, 11) is 0. The topological polar surface area (TPSA) is 41.1 Å². The molecule has 6 heteroatoms. The molecule has 0 spiro atoms. The molecule has 0 aliphatic heterocycles. The second kappa shape index (κ2) is 6.09. The van der Waals surface area contributed by atoms with Crippen LogP contribution < -0.4 is 10.6 Å². The molecule has 0 atom stereocenters. The molecule has 3 nitrogen and oxygen atoms in total. The fraction of sp³-hybridized carbons (Fsp3) is 0.0833. The number of anilines is 1. The number of halogens is 2. The van der Waals surface area contributed by atoms with Crippen molar-refractivity contribution in [2.24, 2.45) is 0 Å². The zero-order valence-electron chi connectivity index (χ0n) is 9.24. The molecular formula is C12H10Cl2N2OS. The summed E-state index contributed by atoms with van der Waals surface area (Å²) in [6.07, 6.45) is 0. The van der Waals surface area contributed by atoms with Crippen molar-refractivity contribution < 1.29 is 4.79 Å². The number of amides is 2. The first kappa shape index (κ1) is 13.2. The van der Waals surface area contributed by atoms with E-state index in [0.29, 0.717) is 22.3 Å². The van der Waals surface area contributed by atoms with Gasteiger partial charge in [0.2, 0.25) is 0 Å². The van der Waals surface area contributed by atoms with E-state index < -0.39 is 0 Å². The molecule has 2 aromatic rings. The minimum absolute atomic E-state index is 0.312. The van der Waals surface area contributed by atoms with Gasteiger partial charge in [0.25, 0.3) is 0 Å². The molecule has 1 heterocycles. The van der Waals surface area contributed by atoms with Crippen LogP contribution in [0.1, 0.15) is 4.88 Å². The molecule has 0 saturated carbocycles. The van der Waals surface area contributed by atoms with Gasteiger partial charge in [-0.25, -0.2) is 4.79 Å². The van der Waals surface area contributed by atoms with Crippen LogP contribution in [0.2, 0.25) is 10.0 Å². The Kier molecular flexibility index (Phi) is 4.47. The molecule has 0 fully saturated rings. The number of rotatable bonds is 3. The monoisotopic (exact) mass is 300 g/mol. The van der Waals surface area contributed by atoms with Gasteiger partial charge < -0.3 is 10.6 Å². The second-order valence-corrected chi connectivity index (χ2v) is 5.39. The lowest BCUT2D eigenvalue weighted by atomic mass is 10.3. The van der Waals surface area contributed by atoms with Gasteiger partial charge >= 0.3 is 6.03 Å². The first-order valence-corrected chi connectivity index (χ1v) is 6.81. The van der Waals surface area contributed by atoms with Gasteiger partial charge in [-0.1, -0.05) is 29.3 Å². The predicted molar refractivity (Wildman–Crippen MR) is 76.6 cm³/mol. The van der Waals surface area contributed by atoms with E-state index in [1.54, 1.807) is 29.5 Å². The van der Waals surface area contributed by atoms with Crippen molar-refractivity contribution in [2.45, 2.75) is 6.54 Å². The van der Waals surface area contributed by atoms with Crippen LogP contribution in [-0.2, 0) is 6.54 Å². The maximum atomic E-state index is 11.7. The van der Waals surface area contributed by atoms with Gasteiger partial charge in [-0.15, -0.1) is 11.3 Å². The van der Waals surface area contributed by atoms with Crippen LogP contribution in [0.25, 0.3) is 0 Å². The maximum Gasteiger partial charge on any atom is 0.319 e. The highest BCUT2D eigenvalue weighted by Crippen LogP contribution is 2.25. The van der Waals surface area contributed by atoms with Crippen LogP contribution >= 0.6 is 34.5 Å². The maximum absolute atomic E-state index is 11.7. The lowest BCUT2D eigenvalue weighted by molar-refractivity contribution is 0.252. The molecule has 2 amide bonds. The fourth-order valence-electron chi connectivity index (χ4n) is 1.34. The SMILES string of the molecule is O=C(NCc1cccs1)Nc1cc(Cl)ccc1Cl. The Labute approximate surface area is 119 Å². The Balaban J connectivity index is 1.92. The van der Waals surface area contributed by atoms with Crippen molar-refractivity contribution in [1.29, 1.82) is 0 Å². The molecule has 0 bridgehead atoms. The van der Waals surface area contributed by atoms with E-state index in [0.717, 1.165) is 4.88 Å². The van der Waals surface area contributed by atoms with Crippen LogP contribution in [0.15, 0.2) is 35.7 Å². The van der Waals surface area contributed by atoms with E-state index in [1.165, 1.54) is 0 Å². The lowest BCUT2D eigenvalue weighted by Gasteiger charge is -2.08. The minimum Gasteiger partial charge on any atom is -0.333 e. The molecule has 2 rings (SSSR count). The molecule has 18 heavy (non-hydrogen) atoms. The summed E-state index contributed by atoms with van der Waals surface area (Å²) in [6, 6.07) is 8.49. The molecule has 0 radical (unpaired) electrons. The van der Waals surface area contributed by atoms with E-state index >= 15 is 0 Å². The van der Waals surface area contributed by atoms with Gasteiger partial charge in [-0.3, -0.25) is 0 Å². The zero-order chi connectivity index (χ0) is 13.0. The van der Waals surface area contributed by atoms with E-state index in [2.05, 4.69) is 10.6 Å². The standard InChI is InChI=1S/C12H10Cl2N2OS/c13-8-3-4-10(14)11(6-8)16-12(17)15-7-9-2-1-5-18-9/h1-6H,7H2,(H2,15,16,17). The zero-order valence-corrected chi connectivity index (χ0v) is 11.6.